The molecule has 0 spiro atoms. The van der Waals surface area contributed by atoms with Gasteiger partial charge >= 0.3 is 31.4 Å². The van der Waals surface area contributed by atoms with Crippen LogP contribution in [-0.2, 0) is 19.5 Å². The quantitative estimate of drug-likeness (QED) is 0.0714. The van der Waals surface area contributed by atoms with Crippen LogP contribution in [0.5, 0.6) is 11.5 Å². The van der Waals surface area contributed by atoms with E-state index in [1.807, 2.05) is 97.1 Å². The summed E-state index contributed by atoms with van der Waals surface area (Å²) in [5.74, 6) is -0.677. The van der Waals surface area contributed by atoms with Crippen molar-refractivity contribution < 1.29 is 48.8 Å². The number of hydrogen-bond donors (Lipinski definition) is 2. The van der Waals surface area contributed by atoms with E-state index in [0.29, 0.717) is 34.2 Å². The van der Waals surface area contributed by atoms with Crippen molar-refractivity contribution in [2.24, 2.45) is 0 Å². The molecule has 0 aliphatic rings. The molecule has 0 unspecified atom stereocenters. The molecule has 6 rings (SSSR count). The van der Waals surface area contributed by atoms with E-state index in [2.05, 4.69) is 34.4 Å². The van der Waals surface area contributed by atoms with Crippen molar-refractivity contribution in [3.05, 3.63) is 154 Å². The predicted molar refractivity (Wildman–Crippen MR) is 224 cm³/mol. The first-order valence-corrected chi connectivity index (χ1v) is 17.0. The normalized spacial score (nSPS) is 10.1. The Morgan fingerprint density at radius 1 is 0.544 bits per heavy atom. The molecule has 0 aliphatic heterocycles. The number of aromatic carboxylic acids is 2. The summed E-state index contributed by atoms with van der Waals surface area (Å²) in [4.78, 5) is 42.2. The first kappa shape index (κ1) is 44.7. The molecule has 12 nitrogen and oxygen atoms in total. The van der Waals surface area contributed by atoms with E-state index in [-0.39, 0.29) is 30.6 Å². The third-order valence-electron chi connectivity index (χ3n) is 7.66. The number of isothiocyanates is 2. The van der Waals surface area contributed by atoms with Crippen LogP contribution in [0.4, 0.5) is 0 Å². The molecule has 4 aromatic heterocycles. The van der Waals surface area contributed by atoms with Gasteiger partial charge in [0.1, 0.15) is 11.5 Å². The van der Waals surface area contributed by atoms with Gasteiger partial charge in [-0.15, -0.1) is 0 Å². The Kier molecular flexibility index (Phi) is 17.7. The number of aromatic nitrogens is 4. The zero-order chi connectivity index (χ0) is 40.5. The number of nitrogens with zero attached hydrogens (tertiary/aromatic N) is 6. The fourth-order valence-corrected chi connectivity index (χ4v) is 5.04. The Morgan fingerprint density at radius 3 is 1.14 bits per heavy atom. The maximum Gasteiger partial charge on any atom is 2.00 e. The summed E-state index contributed by atoms with van der Waals surface area (Å²) in [7, 11) is 3.22. The second-order valence-electron chi connectivity index (χ2n) is 11.2. The van der Waals surface area contributed by atoms with E-state index >= 15 is 0 Å². The average molecular weight is 880 g/mol. The average Bonchev–Trinajstić information content (AvgIpc) is 3.23. The van der Waals surface area contributed by atoms with E-state index in [9.17, 15) is 19.8 Å². The van der Waals surface area contributed by atoms with E-state index in [1.165, 1.54) is 47.0 Å². The van der Waals surface area contributed by atoms with Crippen molar-refractivity contribution in [2.75, 3.05) is 14.2 Å². The maximum absolute atomic E-state index is 11.8. The summed E-state index contributed by atoms with van der Waals surface area (Å²) in [5, 5.41) is 36.2. The molecular weight excluding hydrogens is 850 g/mol. The number of ether oxygens (including phenoxy) is 2. The third kappa shape index (κ3) is 13.2. The topological polar surface area (TPSA) is 189 Å². The van der Waals surface area contributed by atoms with Crippen LogP contribution in [0.2, 0.25) is 0 Å². The summed E-state index contributed by atoms with van der Waals surface area (Å²) in [6.45, 7) is 0. The molecule has 284 valence electrons. The first-order chi connectivity index (χ1) is 27.1. The fraction of sp³-hybridized carbons (Fsp3) is 0.0476. The van der Waals surface area contributed by atoms with Crippen LogP contribution in [0, 0.1) is 0 Å². The van der Waals surface area contributed by atoms with Gasteiger partial charge in [-0.25, -0.2) is 19.6 Å². The standard InChI is InChI=1S/C40H30N4O6.2CNS.Ru/c1-49-31-11-7-25(8-12-31)3-5-27-19-35(33-23-29(39(45)46)15-17-41-33)43-37(21-27)38-22-28(6-4-26-9-13-32(50-2)14-10-26)20-36(44-38)34-24-30(40(47)48)16-18-42-34;2*2-1-3;/h3-24H,1-2H3,(H,45,46)(H,47,48);;;/q;2*-1;+2/b5-3+,6-4+;;;. The van der Waals surface area contributed by atoms with Crippen molar-refractivity contribution in [3.63, 3.8) is 0 Å². The largest absolute Gasteiger partial charge is 2.00 e. The van der Waals surface area contributed by atoms with Gasteiger partial charge in [0.05, 0.1) is 59.5 Å². The summed E-state index contributed by atoms with van der Waals surface area (Å²) >= 11 is 7.40. The molecule has 2 N–H and O–H groups in total. The van der Waals surface area contributed by atoms with Gasteiger partial charge in [-0.05, 0) is 95.1 Å². The Labute approximate surface area is 351 Å². The number of thiocarbonyl (C=S) groups is 2. The molecule has 0 atom stereocenters. The summed E-state index contributed by atoms with van der Waals surface area (Å²) in [5.41, 5.74) is 6.13. The van der Waals surface area contributed by atoms with Crippen LogP contribution in [0.25, 0.3) is 69.3 Å². The minimum absolute atomic E-state index is 0. The molecule has 0 saturated heterocycles. The Hall–Kier alpha value is -6.72. The Balaban J connectivity index is 0.00000117. The number of methoxy groups -OCH3 is 2. The van der Waals surface area contributed by atoms with E-state index in [4.69, 9.17) is 30.3 Å². The molecule has 15 heteroatoms. The molecule has 0 saturated carbocycles. The van der Waals surface area contributed by atoms with Crippen molar-refractivity contribution in [1.82, 2.24) is 19.9 Å². The second kappa shape index (κ2) is 22.6. The molecule has 0 bridgehead atoms. The maximum atomic E-state index is 11.8. The minimum atomic E-state index is -1.08. The monoisotopic (exact) mass is 880 g/mol. The predicted octanol–water partition coefficient (Wildman–Crippen LogP) is 9.34. The number of benzene rings is 2. The Bertz CT molecular complexity index is 2290. The van der Waals surface area contributed by atoms with Crippen LogP contribution >= 0.6 is 24.4 Å². The number of hydrogen-bond acceptors (Lipinski definition) is 10. The van der Waals surface area contributed by atoms with E-state index < -0.39 is 11.9 Å². The number of pyridine rings is 4. The number of carbonyl (C=O) groups is 2. The summed E-state index contributed by atoms with van der Waals surface area (Å²) in [6.07, 6.45) is 10.6. The third-order valence-corrected chi connectivity index (χ3v) is 7.66. The molecule has 0 aliphatic carbocycles. The smallest absolute Gasteiger partial charge is 0.753 e. The Morgan fingerprint density at radius 2 is 0.842 bits per heavy atom. The molecule has 2 aromatic carbocycles. The zero-order valence-electron chi connectivity index (χ0n) is 30.1. The van der Waals surface area contributed by atoms with Gasteiger partial charge in [0.25, 0.3) is 0 Å². The summed E-state index contributed by atoms with van der Waals surface area (Å²) in [6, 6.07) is 28.4. The molecule has 57 heavy (non-hydrogen) atoms. The van der Waals surface area contributed by atoms with Gasteiger partial charge in [-0.1, -0.05) is 73.0 Å². The zero-order valence-corrected chi connectivity index (χ0v) is 33.5. The summed E-state index contributed by atoms with van der Waals surface area (Å²) < 4.78 is 10.6. The molecule has 0 radical (unpaired) electrons. The van der Waals surface area contributed by atoms with Crippen molar-refractivity contribution in [1.29, 1.82) is 0 Å². The first-order valence-electron chi connectivity index (χ1n) is 16.2. The fourth-order valence-electron chi connectivity index (χ4n) is 5.04. The minimum Gasteiger partial charge on any atom is -0.753 e. The molecule has 0 fully saturated rings. The van der Waals surface area contributed by atoms with Gasteiger partial charge < -0.3 is 30.5 Å². The van der Waals surface area contributed by atoms with Crippen molar-refractivity contribution in [2.45, 2.75) is 0 Å². The number of carboxylic acids is 2. The van der Waals surface area contributed by atoms with Crippen LogP contribution < -0.4 is 9.47 Å². The number of carboxylic acid groups (broad SMARTS) is 2. The van der Waals surface area contributed by atoms with Crippen LogP contribution in [0.1, 0.15) is 43.0 Å². The van der Waals surface area contributed by atoms with Crippen molar-refractivity contribution >= 4 is 71.0 Å². The van der Waals surface area contributed by atoms with Gasteiger partial charge in [0, 0.05) is 12.4 Å². The van der Waals surface area contributed by atoms with Gasteiger partial charge in [-0.2, -0.15) is 10.3 Å². The van der Waals surface area contributed by atoms with Gasteiger partial charge in [0.15, 0.2) is 0 Å². The van der Waals surface area contributed by atoms with Crippen LogP contribution in [-0.4, -0.2) is 66.6 Å². The molecule has 4 heterocycles. The van der Waals surface area contributed by atoms with E-state index in [0.717, 1.165) is 33.8 Å². The van der Waals surface area contributed by atoms with Crippen molar-refractivity contribution in [3.8, 4) is 45.7 Å². The SMILES string of the molecule is COc1ccc(/C=C/c2cc(-c3cc(C(=O)O)ccn3)nc(-c3cc(/C=C/c4ccc(OC)cc4)cc(-c4cc(C(=O)O)ccn4)n3)c2)cc1.[N-]=C=S.[N-]=C=S.[Ru+2]. The number of rotatable bonds is 11. The van der Waals surface area contributed by atoms with Gasteiger partial charge in [0.2, 0.25) is 0 Å². The molecule has 0 amide bonds. The van der Waals surface area contributed by atoms with Crippen LogP contribution in [0.15, 0.2) is 109 Å². The van der Waals surface area contributed by atoms with E-state index in [1.54, 1.807) is 14.2 Å². The van der Waals surface area contributed by atoms with Crippen LogP contribution in [0.3, 0.4) is 0 Å². The second-order valence-corrected chi connectivity index (χ2v) is 11.6. The molecule has 6 aromatic rings. The van der Waals surface area contributed by atoms with Gasteiger partial charge in [-0.3, -0.25) is 9.97 Å². The molecular formula is C42H30N6O6RuS2.